The summed E-state index contributed by atoms with van der Waals surface area (Å²) in [6.07, 6.45) is 0. The Morgan fingerprint density at radius 3 is 1.39 bits per heavy atom. The molecule has 0 saturated carbocycles. The standard InChI is InChI=1S/C15H15NOS.CH3NOS.Zn/c17-15(18)16(11-13-7-3-1-4-8-13)12-14-9-5-2-6-10-14;2-1(3)4;/h1-10H,11-12H2,(H,17,18);(H3,2,3,4);/q;;+2/p-2. The second-order valence-corrected chi connectivity index (χ2v) is 5.16. The number of carbonyl (C=O) groups is 2. The predicted octanol–water partition coefficient (Wildman–Crippen LogP) is 2.97. The summed E-state index contributed by atoms with van der Waals surface area (Å²) < 4.78 is 0. The van der Waals surface area contributed by atoms with Gasteiger partial charge in [-0.2, -0.15) is 0 Å². The molecule has 0 atom stereocenters. The van der Waals surface area contributed by atoms with Crippen LogP contribution in [-0.2, 0) is 57.8 Å². The number of primary amides is 1. The largest absolute Gasteiger partial charge is 2.00 e. The SMILES string of the molecule is NC(=O)[S-].O=C([S-])N(Cc1ccccc1)Cc1ccccc1.[Zn+2]. The third-order valence-corrected chi connectivity index (χ3v) is 2.95. The molecule has 2 N–H and O–H groups in total. The number of benzene rings is 2. The summed E-state index contributed by atoms with van der Waals surface area (Å²) in [6, 6.07) is 19.8. The van der Waals surface area contributed by atoms with Gasteiger partial charge in [0, 0.05) is 13.1 Å². The fourth-order valence-electron chi connectivity index (χ4n) is 1.79. The van der Waals surface area contributed by atoms with E-state index in [0.717, 1.165) is 11.1 Å². The molecule has 116 valence electrons. The number of rotatable bonds is 4. The van der Waals surface area contributed by atoms with Crippen LogP contribution in [0.25, 0.3) is 0 Å². The average Bonchev–Trinajstić information content (AvgIpc) is 2.48. The van der Waals surface area contributed by atoms with E-state index in [-0.39, 0.29) is 24.7 Å². The Morgan fingerprint density at radius 1 is 0.826 bits per heavy atom. The fourth-order valence-corrected chi connectivity index (χ4v) is 1.92. The van der Waals surface area contributed by atoms with E-state index in [1.165, 1.54) is 0 Å². The maximum absolute atomic E-state index is 11.5. The molecule has 2 rings (SSSR count). The van der Waals surface area contributed by atoms with Crippen molar-refractivity contribution in [1.29, 1.82) is 0 Å². The van der Waals surface area contributed by atoms with E-state index in [2.05, 4.69) is 18.4 Å². The van der Waals surface area contributed by atoms with Crippen LogP contribution in [0.2, 0.25) is 0 Å². The maximum Gasteiger partial charge on any atom is 2.00 e. The van der Waals surface area contributed by atoms with Crippen molar-refractivity contribution in [3.8, 4) is 0 Å². The van der Waals surface area contributed by atoms with Crippen LogP contribution >= 0.6 is 0 Å². The summed E-state index contributed by atoms with van der Waals surface area (Å²) >= 11 is 8.54. The molecule has 0 aliphatic carbocycles. The molecule has 0 unspecified atom stereocenters. The first-order valence-corrected chi connectivity index (χ1v) is 7.31. The van der Waals surface area contributed by atoms with Crippen molar-refractivity contribution >= 4 is 35.7 Å². The summed E-state index contributed by atoms with van der Waals surface area (Å²) in [5, 5.41) is -1.07. The second kappa shape index (κ2) is 11.9. The van der Waals surface area contributed by atoms with E-state index in [0.29, 0.717) is 13.1 Å². The van der Waals surface area contributed by atoms with Gasteiger partial charge in [-0.1, -0.05) is 60.7 Å². The van der Waals surface area contributed by atoms with Crippen LogP contribution in [0.15, 0.2) is 60.7 Å². The van der Waals surface area contributed by atoms with Gasteiger partial charge < -0.3 is 45.5 Å². The van der Waals surface area contributed by atoms with Crippen LogP contribution in [0.1, 0.15) is 11.1 Å². The first kappa shape index (κ1) is 21.4. The van der Waals surface area contributed by atoms with Crippen LogP contribution < -0.4 is 5.73 Å². The van der Waals surface area contributed by atoms with Gasteiger partial charge in [0.1, 0.15) is 5.24 Å². The van der Waals surface area contributed by atoms with Gasteiger partial charge in [-0.25, -0.2) is 0 Å². The zero-order valence-electron chi connectivity index (χ0n) is 12.6. The van der Waals surface area contributed by atoms with Crippen molar-refractivity contribution in [2.24, 2.45) is 5.73 Å². The topological polar surface area (TPSA) is 63.4 Å². The van der Waals surface area contributed by atoms with Crippen molar-refractivity contribution in [2.45, 2.75) is 13.1 Å². The number of amides is 2. The molecule has 0 radical (unpaired) electrons. The van der Waals surface area contributed by atoms with Gasteiger partial charge in [0.25, 0.3) is 0 Å². The van der Waals surface area contributed by atoms with E-state index in [1.54, 1.807) is 4.90 Å². The van der Waals surface area contributed by atoms with Crippen molar-refractivity contribution in [1.82, 2.24) is 4.90 Å². The molecule has 0 fully saturated rings. The van der Waals surface area contributed by atoms with E-state index >= 15 is 0 Å². The smallest absolute Gasteiger partial charge is 0.719 e. The number of carbonyl (C=O) groups excluding carboxylic acids is 2. The molecule has 0 aliphatic rings. The number of nitrogens with zero attached hydrogens (tertiary/aromatic N) is 1. The Kier molecular flexibility index (Phi) is 11.1. The Labute approximate surface area is 160 Å². The minimum atomic E-state index is -0.750. The van der Waals surface area contributed by atoms with Crippen LogP contribution in [0.4, 0.5) is 9.59 Å². The average molecular weight is 398 g/mol. The molecule has 0 heterocycles. The molecule has 0 aromatic heterocycles. The first-order chi connectivity index (χ1) is 10.5. The third kappa shape index (κ3) is 9.94. The number of hydrogen-bond acceptors (Lipinski definition) is 4. The van der Waals surface area contributed by atoms with Crippen molar-refractivity contribution < 1.29 is 29.1 Å². The Balaban J connectivity index is 0.000000871. The molecule has 2 aromatic carbocycles. The van der Waals surface area contributed by atoms with Gasteiger partial charge in [-0.05, 0) is 11.1 Å². The van der Waals surface area contributed by atoms with E-state index in [9.17, 15) is 4.79 Å². The van der Waals surface area contributed by atoms with E-state index < -0.39 is 5.24 Å². The van der Waals surface area contributed by atoms with Crippen molar-refractivity contribution in [3.05, 3.63) is 71.8 Å². The van der Waals surface area contributed by atoms with Gasteiger partial charge in [-0.3, -0.25) is 0 Å². The van der Waals surface area contributed by atoms with Crippen LogP contribution in [0.5, 0.6) is 0 Å². The number of nitrogens with two attached hydrogens (primary N) is 1. The minimum absolute atomic E-state index is 0. The summed E-state index contributed by atoms with van der Waals surface area (Å²) in [7, 11) is 0. The molecular formula is C16H16N2O2S2Zn. The molecular weight excluding hydrogens is 382 g/mol. The van der Waals surface area contributed by atoms with Gasteiger partial charge >= 0.3 is 19.5 Å². The monoisotopic (exact) mass is 396 g/mol. The van der Waals surface area contributed by atoms with Gasteiger partial charge in [-0.15, -0.1) is 0 Å². The summed E-state index contributed by atoms with van der Waals surface area (Å²) in [6.45, 7) is 1.11. The Bertz CT molecular complexity index is 552. The molecule has 0 aliphatic heterocycles. The zero-order valence-corrected chi connectivity index (χ0v) is 17.2. The molecule has 4 nitrogen and oxygen atoms in total. The predicted molar refractivity (Wildman–Crippen MR) is 91.8 cm³/mol. The number of hydrogen-bond donors (Lipinski definition) is 1. The van der Waals surface area contributed by atoms with Gasteiger partial charge in [0.2, 0.25) is 0 Å². The molecule has 2 amide bonds. The van der Waals surface area contributed by atoms with Crippen molar-refractivity contribution in [3.63, 3.8) is 0 Å². The third-order valence-electron chi connectivity index (χ3n) is 2.69. The quantitative estimate of drug-likeness (QED) is 0.636. The normalized spacial score (nSPS) is 8.87. The van der Waals surface area contributed by atoms with Crippen molar-refractivity contribution in [2.75, 3.05) is 0 Å². The van der Waals surface area contributed by atoms with Crippen LogP contribution in [-0.4, -0.2) is 15.4 Å². The summed E-state index contributed by atoms with van der Waals surface area (Å²) in [5.41, 5.74) is 6.47. The molecule has 7 heteroatoms. The molecule has 23 heavy (non-hydrogen) atoms. The van der Waals surface area contributed by atoms with E-state index in [1.807, 2.05) is 60.7 Å². The molecule has 0 bridgehead atoms. The minimum Gasteiger partial charge on any atom is -0.719 e. The van der Waals surface area contributed by atoms with Crippen LogP contribution in [0.3, 0.4) is 0 Å². The first-order valence-electron chi connectivity index (χ1n) is 6.49. The molecule has 0 saturated heterocycles. The molecule has 0 spiro atoms. The van der Waals surface area contributed by atoms with Crippen LogP contribution in [0, 0.1) is 0 Å². The van der Waals surface area contributed by atoms with Gasteiger partial charge in [0.15, 0.2) is 0 Å². The molecule has 2 aromatic rings. The summed E-state index contributed by atoms with van der Waals surface area (Å²) in [4.78, 5) is 22.2. The fraction of sp³-hybridized carbons (Fsp3) is 0.125. The maximum atomic E-state index is 11.5. The Morgan fingerprint density at radius 2 is 1.13 bits per heavy atom. The summed E-state index contributed by atoms with van der Waals surface area (Å²) in [5.74, 6) is 0. The second-order valence-electron chi connectivity index (χ2n) is 4.41. The van der Waals surface area contributed by atoms with Gasteiger partial charge in [0.05, 0.1) is 5.24 Å². The zero-order chi connectivity index (χ0) is 16.4. The Hall–Kier alpha value is -1.56. The van der Waals surface area contributed by atoms with E-state index in [4.69, 9.17) is 17.4 Å².